The lowest BCUT2D eigenvalue weighted by Gasteiger charge is -1.91. The van der Waals surface area contributed by atoms with Crippen LogP contribution in [-0.4, -0.2) is 11.1 Å². The molecule has 0 fully saturated rings. The van der Waals surface area contributed by atoms with Gasteiger partial charge in [0.25, 0.3) is 0 Å². The average Bonchev–Trinajstić information content (AvgIpc) is 2.11. The van der Waals surface area contributed by atoms with Crippen LogP contribution in [0, 0.1) is 0 Å². The molecule has 0 saturated heterocycles. The van der Waals surface area contributed by atoms with E-state index in [1.807, 2.05) is 0 Å². The Morgan fingerprint density at radius 1 is 1.46 bits per heavy atom. The highest BCUT2D eigenvalue weighted by atomic mass is 32.2. The van der Waals surface area contributed by atoms with Crippen LogP contribution < -0.4 is 0 Å². The number of rotatable bonds is 4. The van der Waals surface area contributed by atoms with Crippen molar-refractivity contribution in [2.75, 3.05) is 0 Å². The molecule has 0 aromatic carbocycles. The molecule has 0 unspecified atom stereocenters. The fraction of sp³-hybridized carbons (Fsp3) is 0.222. The summed E-state index contributed by atoms with van der Waals surface area (Å²) in [4.78, 5) is 11.0. The number of halogens is 1. The Labute approximate surface area is 81.1 Å². The lowest BCUT2D eigenvalue weighted by atomic mass is 10.2. The molecule has 0 amide bonds. The second kappa shape index (κ2) is 6.48. The molecule has 0 rings (SSSR count). The Hall–Kier alpha value is -1.03. The van der Waals surface area contributed by atoms with Crippen molar-refractivity contribution in [3.63, 3.8) is 0 Å². The van der Waals surface area contributed by atoms with Crippen molar-refractivity contribution < 1.29 is 13.8 Å². The zero-order valence-corrected chi connectivity index (χ0v) is 8.27. The minimum Gasteiger partial charge on any atom is -0.478 e. The van der Waals surface area contributed by atoms with Crippen LogP contribution >= 0.6 is 12.1 Å². The van der Waals surface area contributed by atoms with Crippen molar-refractivity contribution in [3.8, 4) is 0 Å². The minimum atomic E-state index is -1.02. The molecular formula is C9H11FO2S. The van der Waals surface area contributed by atoms with Gasteiger partial charge in [-0.05, 0) is 26.0 Å². The molecule has 4 heteroatoms. The zero-order valence-electron chi connectivity index (χ0n) is 7.45. The highest BCUT2D eigenvalue weighted by molar-refractivity contribution is 7.98. The number of hydrogen-bond donors (Lipinski definition) is 1. The lowest BCUT2D eigenvalue weighted by Crippen LogP contribution is -1.96. The normalized spacial score (nSPS) is 13.8. The van der Waals surface area contributed by atoms with Gasteiger partial charge >= 0.3 is 5.97 Å². The van der Waals surface area contributed by atoms with Crippen LogP contribution in [0.25, 0.3) is 0 Å². The largest absolute Gasteiger partial charge is 0.478 e. The van der Waals surface area contributed by atoms with Gasteiger partial charge in [0.15, 0.2) is 0 Å². The maximum Gasteiger partial charge on any atom is 0.335 e. The van der Waals surface area contributed by atoms with Gasteiger partial charge in [-0.15, -0.1) is 0 Å². The van der Waals surface area contributed by atoms with E-state index in [2.05, 4.69) is 0 Å². The van der Waals surface area contributed by atoms with Crippen LogP contribution in [-0.2, 0) is 4.79 Å². The smallest absolute Gasteiger partial charge is 0.335 e. The first-order chi connectivity index (χ1) is 6.11. The predicted octanol–water partition coefficient (Wildman–Crippen LogP) is 3.10. The Morgan fingerprint density at radius 3 is 2.46 bits per heavy atom. The minimum absolute atomic E-state index is 0.0961. The Kier molecular flexibility index (Phi) is 5.97. The summed E-state index contributed by atoms with van der Waals surface area (Å²) in [5.74, 6) is -1.02. The molecule has 0 radical (unpaired) electrons. The Morgan fingerprint density at radius 2 is 2.08 bits per heavy atom. The summed E-state index contributed by atoms with van der Waals surface area (Å²) in [7, 11) is 0. The molecule has 0 saturated carbocycles. The van der Waals surface area contributed by atoms with Crippen molar-refractivity contribution in [2.24, 2.45) is 0 Å². The quantitative estimate of drug-likeness (QED) is 0.562. The van der Waals surface area contributed by atoms with Gasteiger partial charge in [0, 0.05) is 4.91 Å². The van der Waals surface area contributed by atoms with Crippen LogP contribution in [0.15, 0.2) is 34.8 Å². The maximum absolute atomic E-state index is 11.9. The number of allylic oxidation sites excluding steroid dienone is 4. The molecule has 0 aliphatic carbocycles. The van der Waals surface area contributed by atoms with Crippen LogP contribution in [0.4, 0.5) is 3.89 Å². The van der Waals surface area contributed by atoms with Gasteiger partial charge in [-0.1, -0.05) is 12.2 Å². The predicted molar refractivity (Wildman–Crippen MR) is 53.0 cm³/mol. The van der Waals surface area contributed by atoms with Crippen LogP contribution in [0.5, 0.6) is 0 Å². The molecular weight excluding hydrogens is 191 g/mol. The van der Waals surface area contributed by atoms with Gasteiger partial charge < -0.3 is 5.11 Å². The molecule has 72 valence electrons. The number of carboxylic acid groups (broad SMARTS) is 1. The van der Waals surface area contributed by atoms with Crippen molar-refractivity contribution in [3.05, 3.63) is 34.8 Å². The molecule has 0 spiro atoms. The van der Waals surface area contributed by atoms with Gasteiger partial charge in [0.05, 0.1) is 17.7 Å². The summed E-state index contributed by atoms with van der Waals surface area (Å²) in [6.45, 7) is 3.29. The van der Waals surface area contributed by atoms with Gasteiger partial charge in [-0.25, -0.2) is 4.79 Å². The summed E-state index contributed by atoms with van der Waals surface area (Å²) in [6.07, 6.45) is 5.86. The summed E-state index contributed by atoms with van der Waals surface area (Å²) < 4.78 is 11.9. The van der Waals surface area contributed by atoms with Crippen LogP contribution in [0.1, 0.15) is 13.8 Å². The number of hydrogen-bond acceptors (Lipinski definition) is 2. The van der Waals surface area contributed by atoms with Gasteiger partial charge in [-0.2, -0.15) is 3.89 Å². The van der Waals surface area contributed by atoms with E-state index in [0.717, 1.165) is 0 Å². The lowest BCUT2D eigenvalue weighted by molar-refractivity contribution is -0.132. The Bertz CT molecular complexity index is 267. The topological polar surface area (TPSA) is 37.3 Å². The van der Waals surface area contributed by atoms with Crippen molar-refractivity contribution in [1.29, 1.82) is 0 Å². The van der Waals surface area contributed by atoms with E-state index in [1.54, 1.807) is 19.9 Å². The monoisotopic (exact) mass is 202 g/mol. The van der Waals surface area contributed by atoms with E-state index < -0.39 is 5.97 Å². The second-order valence-electron chi connectivity index (χ2n) is 2.28. The first-order valence-electron chi connectivity index (χ1n) is 3.65. The second-order valence-corrected chi connectivity index (χ2v) is 3.08. The fourth-order valence-electron chi connectivity index (χ4n) is 0.611. The fourth-order valence-corrected chi connectivity index (χ4v) is 0.730. The van der Waals surface area contributed by atoms with Gasteiger partial charge in [-0.3, -0.25) is 0 Å². The number of aliphatic carboxylic acids is 1. The molecule has 0 bridgehead atoms. The maximum atomic E-state index is 11.9. The van der Waals surface area contributed by atoms with E-state index in [4.69, 9.17) is 5.11 Å². The first kappa shape index (κ1) is 12.0. The van der Waals surface area contributed by atoms with Crippen LogP contribution in [0.3, 0.4) is 0 Å². The summed E-state index contributed by atoms with van der Waals surface area (Å²) >= 11 is 0.0961. The molecule has 2 nitrogen and oxygen atoms in total. The third-order valence-corrected chi connectivity index (χ3v) is 1.59. The van der Waals surface area contributed by atoms with E-state index >= 15 is 0 Å². The average molecular weight is 202 g/mol. The van der Waals surface area contributed by atoms with Crippen molar-refractivity contribution >= 4 is 18.1 Å². The summed E-state index contributed by atoms with van der Waals surface area (Å²) in [5, 5.41) is 8.64. The molecule has 0 aliphatic heterocycles. The molecule has 1 N–H and O–H groups in total. The van der Waals surface area contributed by atoms with E-state index in [1.165, 1.54) is 18.2 Å². The van der Waals surface area contributed by atoms with E-state index in [9.17, 15) is 8.68 Å². The van der Waals surface area contributed by atoms with Crippen molar-refractivity contribution in [2.45, 2.75) is 13.8 Å². The number of carboxylic acids is 1. The zero-order chi connectivity index (χ0) is 10.3. The molecule has 0 aromatic heterocycles. The third-order valence-electron chi connectivity index (χ3n) is 1.21. The van der Waals surface area contributed by atoms with Crippen molar-refractivity contribution in [1.82, 2.24) is 0 Å². The highest BCUT2D eigenvalue weighted by Crippen LogP contribution is 2.15. The molecule has 0 aliphatic rings. The molecule has 0 aromatic rings. The molecule has 0 atom stereocenters. The standard InChI is InChI=1S/C9H11FO2S/c1-3-4-8(9(11)12)6-5-7(2)13-10/h3-6H,1-2H3,(H,11,12)/b4-3-,7-5+,8-6+. The van der Waals surface area contributed by atoms with Gasteiger partial charge in [0.1, 0.15) is 0 Å². The van der Waals surface area contributed by atoms with E-state index in [0.29, 0.717) is 4.91 Å². The summed E-state index contributed by atoms with van der Waals surface area (Å²) in [6, 6.07) is 0. The van der Waals surface area contributed by atoms with E-state index in [-0.39, 0.29) is 17.7 Å². The Balaban J connectivity index is 4.64. The number of carbonyl (C=O) groups is 1. The third kappa shape index (κ3) is 5.25. The molecule has 0 heterocycles. The van der Waals surface area contributed by atoms with Crippen LogP contribution in [0.2, 0.25) is 0 Å². The SMILES string of the molecule is C\C=C/C(=C\C=C(/C)SF)C(=O)O. The summed E-state index contributed by atoms with van der Waals surface area (Å²) in [5.41, 5.74) is 0.135. The first-order valence-corrected chi connectivity index (χ1v) is 4.36. The highest BCUT2D eigenvalue weighted by Gasteiger charge is 2.00. The molecule has 13 heavy (non-hydrogen) atoms. The van der Waals surface area contributed by atoms with Gasteiger partial charge in [0.2, 0.25) is 0 Å².